The van der Waals surface area contributed by atoms with Crippen molar-refractivity contribution in [3.63, 3.8) is 0 Å². The molecule has 0 spiro atoms. The van der Waals surface area contributed by atoms with Gasteiger partial charge in [-0.2, -0.15) is 13.2 Å². The number of hydrogen-bond donors (Lipinski definition) is 2. The van der Waals surface area contributed by atoms with Crippen molar-refractivity contribution in [1.82, 2.24) is 20.7 Å². The fraction of sp³-hybridized carbons (Fsp3) is 1.00. The van der Waals surface area contributed by atoms with Crippen LogP contribution in [0.2, 0.25) is 0 Å². The van der Waals surface area contributed by atoms with Crippen LogP contribution in [0.5, 0.6) is 0 Å². The van der Waals surface area contributed by atoms with Gasteiger partial charge in [0, 0.05) is 32.1 Å². The number of likely N-dealkylation sites (tertiary alicyclic amines) is 1. The molecule has 3 rings (SSSR count). The van der Waals surface area contributed by atoms with Gasteiger partial charge in [-0.05, 0) is 37.1 Å². The summed E-state index contributed by atoms with van der Waals surface area (Å²) in [5.74, 6) is 0.156. The molecular formula is C17H31F3N4. The van der Waals surface area contributed by atoms with E-state index in [0.29, 0.717) is 25.0 Å². The summed E-state index contributed by atoms with van der Waals surface area (Å²) in [6, 6.07) is -0.987. The third-order valence-electron chi connectivity index (χ3n) is 5.98. The number of halogens is 3. The number of piperidine rings is 1. The summed E-state index contributed by atoms with van der Waals surface area (Å²) in [5.41, 5.74) is 2.77. The number of rotatable bonds is 2. The predicted octanol–water partition coefficient (Wildman–Crippen LogP) is 2.43. The van der Waals surface area contributed by atoms with Crippen LogP contribution >= 0.6 is 0 Å². The molecule has 0 bridgehead atoms. The Labute approximate surface area is 143 Å². The Balaban J connectivity index is 1.68. The number of hydrazine groups is 1. The number of nitrogens with one attached hydrogen (secondary N) is 2. The molecule has 2 N–H and O–H groups in total. The molecule has 0 aromatic heterocycles. The topological polar surface area (TPSA) is 30.5 Å². The number of alkyl halides is 3. The zero-order valence-corrected chi connectivity index (χ0v) is 15.2. The first-order chi connectivity index (χ1) is 11.1. The van der Waals surface area contributed by atoms with Crippen LogP contribution in [-0.4, -0.2) is 61.0 Å². The molecule has 3 aliphatic heterocycles. The van der Waals surface area contributed by atoms with Gasteiger partial charge in [-0.1, -0.05) is 20.8 Å². The Morgan fingerprint density at radius 3 is 2.50 bits per heavy atom. The van der Waals surface area contributed by atoms with Crippen molar-refractivity contribution < 1.29 is 13.2 Å². The Bertz CT molecular complexity index is 448. The lowest BCUT2D eigenvalue weighted by atomic mass is 9.83. The van der Waals surface area contributed by atoms with Crippen LogP contribution < -0.4 is 10.7 Å². The summed E-state index contributed by atoms with van der Waals surface area (Å²) >= 11 is 0. The molecule has 4 nitrogen and oxygen atoms in total. The van der Waals surface area contributed by atoms with Crippen LogP contribution in [0.3, 0.4) is 0 Å². The highest BCUT2D eigenvalue weighted by Crippen LogP contribution is 2.39. The van der Waals surface area contributed by atoms with Gasteiger partial charge in [0.15, 0.2) is 0 Å². The molecule has 0 amide bonds. The first-order valence-electron chi connectivity index (χ1n) is 9.10. The lowest BCUT2D eigenvalue weighted by Gasteiger charge is -2.40. The van der Waals surface area contributed by atoms with E-state index in [4.69, 9.17) is 0 Å². The van der Waals surface area contributed by atoms with Gasteiger partial charge in [-0.3, -0.25) is 10.2 Å². The van der Waals surface area contributed by atoms with Gasteiger partial charge in [0.1, 0.15) is 6.04 Å². The van der Waals surface area contributed by atoms with E-state index >= 15 is 0 Å². The summed E-state index contributed by atoms with van der Waals surface area (Å²) in [4.78, 5) is 2.28. The van der Waals surface area contributed by atoms with Crippen LogP contribution in [-0.2, 0) is 0 Å². The molecule has 5 unspecified atom stereocenters. The van der Waals surface area contributed by atoms with Crippen LogP contribution in [0.1, 0.15) is 40.0 Å². The van der Waals surface area contributed by atoms with Crippen molar-refractivity contribution >= 4 is 0 Å². The summed E-state index contributed by atoms with van der Waals surface area (Å²) in [7, 11) is 1.70. The van der Waals surface area contributed by atoms with Crippen molar-refractivity contribution in [2.45, 2.75) is 64.5 Å². The molecule has 24 heavy (non-hydrogen) atoms. The van der Waals surface area contributed by atoms with Gasteiger partial charge in [0.05, 0.1) is 6.17 Å². The van der Waals surface area contributed by atoms with Gasteiger partial charge >= 0.3 is 6.18 Å². The molecule has 0 aromatic carbocycles. The Kier molecular flexibility index (Phi) is 4.92. The number of hydrogen-bond acceptors (Lipinski definition) is 4. The molecule has 3 heterocycles. The van der Waals surface area contributed by atoms with Crippen LogP contribution in [0.25, 0.3) is 0 Å². The first-order valence-corrected chi connectivity index (χ1v) is 9.10. The van der Waals surface area contributed by atoms with Gasteiger partial charge in [0.25, 0.3) is 0 Å². The normalized spacial score (nSPS) is 39.4. The molecule has 3 aliphatic rings. The minimum atomic E-state index is -4.19. The zero-order chi connectivity index (χ0) is 17.7. The fourth-order valence-corrected chi connectivity index (χ4v) is 4.68. The van der Waals surface area contributed by atoms with E-state index in [1.807, 2.05) is 0 Å². The van der Waals surface area contributed by atoms with Crippen LogP contribution in [0.4, 0.5) is 13.2 Å². The highest BCUT2D eigenvalue weighted by atomic mass is 19.4. The van der Waals surface area contributed by atoms with E-state index in [-0.39, 0.29) is 11.6 Å². The molecule has 7 heteroatoms. The minimum Gasteiger partial charge on any atom is -0.298 e. The first kappa shape index (κ1) is 18.4. The van der Waals surface area contributed by atoms with Crippen molar-refractivity contribution in [2.75, 3.05) is 26.7 Å². The van der Waals surface area contributed by atoms with E-state index in [2.05, 4.69) is 36.4 Å². The van der Waals surface area contributed by atoms with Crippen molar-refractivity contribution in [1.29, 1.82) is 0 Å². The highest BCUT2D eigenvalue weighted by molar-refractivity contribution is 4.99. The van der Waals surface area contributed by atoms with E-state index in [0.717, 1.165) is 19.4 Å². The van der Waals surface area contributed by atoms with E-state index in [1.165, 1.54) is 6.42 Å². The number of fused-ring (bicyclic) bond motifs is 1. The second kappa shape index (κ2) is 6.41. The average molecular weight is 348 g/mol. The van der Waals surface area contributed by atoms with Crippen LogP contribution in [0.15, 0.2) is 0 Å². The maximum atomic E-state index is 13.3. The minimum absolute atomic E-state index is 0.187. The fourth-order valence-electron chi connectivity index (χ4n) is 4.68. The molecular weight excluding hydrogens is 317 g/mol. The molecule has 3 fully saturated rings. The maximum Gasteiger partial charge on any atom is 0.405 e. The SMILES string of the molecule is CN1CC(CN2CCCC3CC(C(C)(C)C)NC32)C(C(F)(F)F)N1. The van der Waals surface area contributed by atoms with Gasteiger partial charge in [-0.15, -0.1) is 0 Å². The smallest absolute Gasteiger partial charge is 0.298 e. The van der Waals surface area contributed by atoms with Gasteiger partial charge < -0.3 is 0 Å². The summed E-state index contributed by atoms with van der Waals surface area (Å²) in [6.45, 7) is 8.56. The van der Waals surface area contributed by atoms with Gasteiger partial charge in [-0.25, -0.2) is 10.4 Å². The lowest BCUT2D eigenvalue weighted by molar-refractivity contribution is -0.165. The lowest BCUT2D eigenvalue weighted by Crippen LogP contribution is -2.55. The van der Waals surface area contributed by atoms with E-state index in [9.17, 15) is 13.2 Å². The Morgan fingerprint density at radius 2 is 1.88 bits per heavy atom. The van der Waals surface area contributed by atoms with Gasteiger partial charge in [0.2, 0.25) is 0 Å². The van der Waals surface area contributed by atoms with Crippen molar-refractivity contribution in [2.24, 2.45) is 17.3 Å². The average Bonchev–Trinajstić information content (AvgIpc) is 3.02. The molecule has 0 aromatic rings. The third-order valence-corrected chi connectivity index (χ3v) is 5.98. The Morgan fingerprint density at radius 1 is 1.17 bits per heavy atom. The molecule has 0 radical (unpaired) electrons. The summed E-state index contributed by atoms with van der Waals surface area (Å²) in [6.07, 6.45) is -0.543. The number of nitrogens with zero attached hydrogens (tertiary/aromatic N) is 2. The predicted molar refractivity (Wildman–Crippen MR) is 88.2 cm³/mol. The van der Waals surface area contributed by atoms with E-state index < -0.39 is 18.1 Å². The summed E-state index contributed by atoms with van der Waals surface area (Å²) < 4.78 is 39.9. The second-order valence-corrected chi connectivity index (χ2v) is 8.95. The quantitative estimate of drug-likeness (QED) is 0.802. The molecule has 3 saturated heterocycles. The monoisotopic (exact) mass is 348 g/mol. The summed E-state index contributed by atoms with van der Waals surface area (Å²) in [5, 5.41) is 5.32. The molecule has 140 valence electrons. The van der Waals surface area contributed by atoms with Crippen molar-refractivity contribution in [3.05, 3.63) is 0 Å². The Hall–Kier alpha value is -0.370. The zero-order valence-electron chi connectivity index (χ0n) is 15.2. The van der Waals surface area contributed by atoms with Crippen LogP contribution in [0, 0.1) is 17.3 Å². The molecule has 0 aliphatic carbocycles. The standard InChI is InChI=1S/C17H31F3N4/c1-16(2,3)13-8-11-6-5-7-24(15(11)21-13)10-12-9-23(4)22-14(12)17(18,19)20/h11-15,21-22H,5-10H2,1-4H3. The largest absolute Gasteiger partial charge is 0.405 e. The molecule has 5 atom stereocenters. The molecule has 0 saturated carbocycles. The third kappa shape index (κ3) is 3.74. The van der Waals surface area contributed by atoms with Crippen molar-refractivity contribution in [3.8, 4) is 0 Å². The second-order valence-electron chi connectivity index (χ2n) is 8.95. The highest BCUT2D eigenvalue weighted by Gasteiger charge is 2.51. The van der Waals surface area contributed by atoms with E-state index in [1.54, 1.807) is 12.1 Å². The maximum absolute atomic E-state index is 13.3.